The van der Waals surface area contributed by atoms with Crippen LogP contribution in [0.25, 0.3) is 67.0 Å². The van der Waals surface area contributed by atoms with Crippen molar-refractivity contribution in [2.24, 2.45) is 0 Å². The molecule has 3 aromatic carbocycles. The number of nitrogens with one attached hydrogen (secondary N) is 2. The lowest BCUT2D eigenvalue weighted by Crippen LogP contribution is -2.14. The van der Waals surface area contributed by atoms with Crippen LogP contribution in [0.5, 0.6) is 0 Å². The third kappa shape index (κ3) is 4.15. The average molecular weight is 586 g/mol. The van der Waals surface area contributed by atoms with E-state index in [0.717, 1.165) is 73.9 Å². The van der Waals surface area contributed by atoms with Crippen LogP contribution < -0.4 is 0 Å². The van der Waals surface area contributed by atoms with Crippen molar-refractivity contribution < 1.29 is 24.0 Å². The molecule has 0 saturated carbocycles. The summed E-state index contributed by atoms with van der Waals surface area (Å²) in [5.74, 6) is 1.14. The Bertz CT molecular complexity index is 2070. The van der Waals surface area contributed by atoms with Gasteiger partial charge >= 0.3 is 0 Å². The van der Waals surface area contributed by atoms with Gasteiger partial charge in [-0.2, -0.15) is 0 Å². The summed E-state index contributed by atoms with van der Waals surface area (Å²) < 4.78 is 6.53. The van der Waals surface area contributed by atoms with Gasteiger partial charge in [0, 0.05) is 45.9 Å². The maximum absolute atomic E-state index is 6.53. The molecule has 0 spiro atoms. The van der Waals surface area contributed by atoms with Gasteiger partial charge in [-0.25, -0.2) is 29.5 Å². The maximum Gasteiger partial charge on any atom is 0.228 e. The van der Waals surface area contributed by atoms with Gasteiger partial charge in [-0.15, -0.1) is 0 Å². The van der Waals surface area contributed by atoms with E-state index >= 15 is 0 Å². The summed E-state index contributed by atoms with van der Waals surface area (Å²) in [6, 6.07) is 24.1. The summed E-state index contributed by atoms with van der Waals surface area (Å²) in [6.45, 7) is 1.01. The molecule has 2 aliphatic heterocycles. The van der Waals surface area contributed by atoms with Gasteiger partial charge in [0.1, 0.15) is 17.4 Å². The summed E-state index contributed by atoms with van der Waals surface area (Å²) in [5.41, 5.74) is 9.00. The first kappa shape index (κ1) is 25.6. The van der Waals surface area contributed by atoms with E-state index in [1.54, 1.807) is 6.20 Å². The van der Waals surface area contributed by atoms with Crippen LogP contribution in [0.4, 0.5) is 0 Å². The standard InChI is InChI=1S/C34H27N5O5/c1-2-9-20-19(8-1)18-23(36-20)27-28(22-11-5-6-15-35-22)31-32(39-33(38-31)26-13-7-16-40-44-26)29(25-14-17-41-43-25)30(27)34-37-21-10-3-4-12-24(21)42-34/h1-6,8-12,15,18,25-26,36H,7,13-14,16-17H2,(H,38,39). The number of aromatic amines is 2. The van der Waals surface area contributed by atoms with Crippen LogP contribution in [-0.4, -0.2) is 38.1 Å². The molecule has 10 heteroatoms. The number of rotatable bonds is 5. The van der Waals surface area contributed by atoms with E-state index < -0.39 is 6.10 Å². The van der Waals surface area contributed by atoms with Gasteiger partial charge < -0.3 is 14.4 Å². The van der Waals surface area contributed by atoms with Crippen molar-refractivity contribution >= 4 is 33.0 Å². The van der Waals surface area contributed by atoms with Gasteiger partial charge in [-0.3, -0.25) is 4.98 Å². The predicted molar refractivity (Wildman–Crippen MR) is 163 cm³/mol. The highest BCUT2D eigenvalue weighted by Crippen LogP contribution is 2.50. The van der Waals surface area contributed by atoms with E-state index in [4.69, 9.17) is 38.9 Å². The molecule has 0 radical (unpaired) electrons. The van der Waals surface area contributed by atoms with Crippen molar-refractivity contribution in [1.29, 1.82) is 0 Å². The number of oxazole rings is 1. The lowest BCUT2D eigenvalue weighted by molar-refractivity contribution is -0.349. The van der Waals surface area contributed by atoms with Gasteiger partial charge in [-0.1, -0.05) is 36.4 Å². The van der Waals surface area contributed by atoms with Crippen LogP contribution in [0.3, 0.4) is 0 Å². The van der Waals surface area contributed by atoms with Crippen LogP contribution in [-0.2, 0) is 19.6 Å². The number of fused-ring (bicyclic) bond motifs is 3. The summed E-state index contributed by atoms with van der Waals surface area (Å²) in [6.07, 6.45) is 3.34. The highest BCUT2D eigenvalue weighted by atomic mass is 17.2. The molecule has 2 unspecified atom stereocenters. The molecule has 2 N–H and O–H groups in total. The molecule has 2 saturated heterocycles. The van der Waals surface area contributed by atoms with Crippen LogP contribution in [0.2, 0.25) is 0 Å². The second-order valence-electron chi connectivity index (χ2n) is 11.1. The Balaban J connectivity index is 1.46. The summed E-state index contributed by atoms with van der Waals surface area (Å²) >= 11 is 0. The van der Waals surface area contributed by atoms with E-state index in [9.17, 15) is 0 Å². The summed E-state index contributed by atoms with van der Waals surface area (Å²) in [5, 5.41) is 1.08. The number of nitrogens with zero attached hydrogens (tertiary/aromatic N) is 3. The number of imidazole rings is 1. The highest BCUT2D eigenvalue weighted by molar-refractivity contribution is 6.09. The first-order chi connectivity index (χ1) is 21.8. The fraction of sp³-hybridized carbons (Fsp3) is 0.206. The molecule has 0 amide bonds. The van der Waals surface area contributed by atoms with Crippen molar-refractivity contribution in [2.45, 2.75) is 31.5 Å². The Hall–Kier alpha value is -4.87. The Morgan fingerprint density at radius 2 is 1.61 bits per heavy atom. The number of para-hydroxylation sites is 3. The molecule has 218 valence electrons. The first-order valence-electron chi connectivity index (χ1n) is 14.8. The van der Waals surface area contributed by atoms with Gasteiger partial charge in [0.15, 0.2) is 11.7 Å². The van der Waals surface area contributed by atoms with E-state index in [1.165, 1.54) is 0 Å². The van der Waals surface area contributed by atoms with E-state index in [0.29, 0.717) is 36.9 Å². The summed E-state index contributed by atoms with van der Waals surface area (Å²) in [7, 11) is 0. The molecular formula is C34H27N5O5. The summed E-state index contributed by atoms with van der Waals surface area (Å²) in [4.78, 5) is 44.8. The predicted octanol–water partition coefficient (Wildman–Crippen LogP) is 7.76. The SMILES string of the molecule is c1ccc(-c2c(-c3cc4ccccc4[nH]3)c(-c3nc4ccccc4o3)c(C3CCOO3)c3nc(C4CCCOO4)[nH]c23)nc1. The largest absolute Gasteiger partial charge is 0.436 e. The molecule has 44 heavy (non-hydrogen) atoms. The number of hydrogen-bond acceptors (Lipinski definition) is 8. The maximum atomic E-state index is 6.53. The Morgan fingerprint density at radius 1 is 0.750 bits per heavy atom. The fourth-order valence-corrected chi connectivity index (χ4v) is 6.40. The van der Waals surface area contributed by atoms with Gasteiger partial charge in [-0.05, 0) is 49.2 Å². The first-order valence-corrected chi connectivity index (χ1v) is 14.8. The Labute approximate surface area is 250 Å². The molecule has 9 rings (SSSR count). The zero-order valence-corrected chi connectivity index (χ0v) is 23.6. The minimum Gasteiger partial charge on any atom is -0.436 e. The molecular weight excluding hydrogens is 558 g/mol. The number of aromatic nitrogens is 5. The third-order valence-electron chi connectivity index (χ3n) is 8.38. The molecule has 10 nitrogen and oxygen atoms in total. The van der Waals surface area contributed by atoms with Gasteiger partial charge in [0.05, 0.1) is 35.5 Å². The second-order valence-corrected chi connectivity index (χ2v) is 11.1. The van der Waals surface area contributed by atoms with Crippen LogP contribution >= 0.6 is 0 Å². The lowest BCUT2D eigenvalue weighted by atomic mass is 9.87. The molecule has 0 aliphatic carbocycles. The molecule has 2 fully saturated rings. The van der Waals surface area contributed by atoms with Crippen LogP contribution in [0.1, 0.15) is 42.9 Å². The molecule has 2 aliphatic rings. The number of benzene rings is 3. The van der Waals surface area contributed by atoms with Crippen molar-refractivity contribution in [3.63, 3.8) is 0 Å². The van der Waals surface area contributed by atoms with Gasteiger partial charge in [0.25, 0.3) is 0 Å². The lowest BCUT2D eigenvalue weighted by Gasteiger charge is -2.20. The fourth-order valence-electron chi connectivity index (χ4n) is 6.40. The minimum atomic E-state index is -0.414. The molecule has 6 heterocycles. The molecule has 7 aromatic rings. The Morgan fingerprint density at radius 3 is 2.43 bits per heavy atom. The minimum absolute atomic E-state index is 0.342. The van der Waals surface area contributed by atoms with E-state index in [-0.39, 0.29) is 6.10 Å². The number of hydrogen-bond donors (Lipinski definition) is 2. The number of H-pyrrole nitrogens is 2. The smallest absolute Gasteiger partial charge is 0.228 e. The third-order valence-corrected chi connectivity index (χ3v) is 8.38. The molecule has 0 bridgehead atoms. The highest BCUT2D eigenvalue weighted by Gasteiger charge is 2.36. The van der Waals surface area contributed by atoms with Crippen LogP contribution in [0, 0.1) is 0 Å². The van der Waals surface area contributed by atoms with Crippen molar-refractivity contribution in [1.82, 2.24) is 24.9 Å². The Kier molecular flexibility index (Phi) is 6.05. The van der Waals surface area contributed by atoms with Crippen LogP contribution in [0.15, 0.2) is 83.4 Å². The van der Waals surface area contributed by atoms with Crippen molar-refractivity contribution in [3.8, 4) is 34.0 Å². The normalized spacial score (nSPS) is 19.0. The van der Waals surface area contributed by atoms with Crippen molar-refractivity contribution in [2.75, 3.05) is 13.2 Å². The van der Waals surface area contributed by atoms with E-state index in [2.05, 4.69) is 28.2 Å². The zero-order chi connectivity index (χ0) is 29.0. The molecule has 4 aromatic heterocycles. The topological polar surface area (TPSA) is 120 Å². The van der Waals surface area contributed by atoms with Gasteiger partial charge in [0.2, 0.25) is 5.89 Å². The monoisotopic (exact) mass is 585 g/mol. The number of pyridine rings is 1. The molecule has 2 atom stereocenters. The zero-order valence-electron chi connectivity index (χ0n) is 23.6. The van der Waals surface area contributed by atoms with Crippen molar-refractivity contribution in [3.05, 3.63) is 90.4 Å². The van der Waals surface area contributed by atoms with E-state index in [1.807, 2.05) is 54.6 Å². The second kappa shape index (κ2) is 10.4. The quantitative estimate of drug-likeness (QED) is 0.197. The average Bonchev–Trinajstić information content (AvgIpc) is 3.90.